The molecular weight excluding hydrogens is 298 g/mol. The first-order valence-corrected chi connectivity index (χ1v) is 7.13. The van der Waals surface area contributed by atoms with Crippen LogP contribution in [-0.4, -0.2) is 15.0 Å². The molecule has 0 unspecified atom stereocenters. The second kappa shape index (κ2) is 4.93. The first-order valence-electron chi connectivity index (χ1n) is 6.75. The van der Waals surface area contributed by atoms with E-state index in [1.54, 1.807) is 18.3 Å². The summed E-state index contributed by atoms with van der Waals surface area (Å²) in [6, 6.07) is 14.9. The molecule has 2 aromatic carbocycles. The molecule has 0 aliphatic rings. The summed E-state index contributed by atoms with van der Waals surface area (Å²) >= 11 is 5.89. The van der Waals surface area contributed by atoms with Gasteiger partial charge in [0.15, 0.2) is 0 Å². The lowest BCUT2D eigenvalue weighted by molar-refractivity contribution is 1.18. The number of para-hydroxylation sites is 1. The summed E-state index contributed by atoms with van der Waals surface area (Å²) in [5.74, 6) is 0.542. The normalized spacial score (nSPS) is 11.1. The van der Waals surface area contributed by atoms with E-state index < -0.39 is 0 Å². The Balaban J connectivity index is 1.94. The van der Waals surface area contributed by atoms with Gasteiger partial charge in [-0.05, 0) is 29.7 Å². The molecule has 0 atom stereocenters. The topological polar surface area (TPSA) is 58.6 Å². The lowest BCUT2D eigenvalue weighted by Crippen LogP contribution is -2.09. The van der Waals surface area contributed by atoms with Gasteiger partial charge < -0.3 is 4.98 Å². The molecule has 0 aliphatic carbocycles. The maximum atomic E-state index is 12.2. The van der Waals surface area contributed by atoms with Crippen LogP contribution in [0, 0.1) is 0 Å². The minimum absolute atomic E-state index is 0.144. The molecule has 0 saturated carbocycles. The third kappa shape index (κ3) is 2.14. The molecule has 22 heavy (non-hydrogen) atoms. The molecule has 4 rings (SSSR count). The number of hydrogen-bond acceptors (Lipinski definition) is 3. The highest BCUT2D eigenvalue weighted by Crippen LogP contribution is 2.23. The Morgan fingerprint density at radius 1 is 1.00 bits per heavy atom. The van der Waals surface area contributed by atoms with Gasteiger partial charge in [-0.15, -0.1) is 0 Å². The minimum Gasteiger partial charge on any atom is -0.306 e. The van der Waals surface area contributed by atoms with Gasteiger partial charge in [0.25, 0.3) is 5.56 Å². The van der Waals surface area contributed by atoms with Gasteiger partial charge in [0.05, 0.1) is 10.9 Å². The predicted molar refractivity (Wildman–Crippen MR) is 88.1 cm³/mol. The van der Waals surface area contributed by atoms with E-state index in [2.05, 4.69) is 15.0 Å². The average molecular weight is 308 g/mol. The Hall–Kier alpha value is -2.72. The highest BCUT2D eigenvalue weighted by molar-refractivity contribution is 6.30. The molecule has 4 nitrogen and oxygen atoms in total. The van der Waals surface area contributed by atoms with Crippen LogP contribution in [0.5, 0.6) is 0 Å². The van der Waals surface area contributed by atoms with Crippen LogP contribution in [0.4, 0.5) is 0 Å². The molecule has 2 aromatic heterocycles. The number of pyridine rings is 1. The van der Waals surface area contributed by atoms with E-state index in [0.717, 1.165) is 16.3 Å². The van der Waals surface area contributed by atoms with Crippen molar-refractivity contribution in [2.45, 2.75) is 0 Å². The predicted octanol–water partition coefficient (Wildman–Crippen LogP) is 3.79. The van der Waals surface area contributed by atoms with E-state index in [4.69, 9.17) is 11.6 Å². The lowest BCUT2D eigenvalue weighted by atomic mass is 10.1. The number of rotatable bonds is 1. The molecule has 0 amide bonds. The van der Waals surface area contributed by atoms with Crippen molar-refractivity contribution in [3.05, 3.63) is 70.2 Å². The largest absolute Gasteiger partial charge is 0.306 e. The van der Waals surface area contributed by atoms with Crippen molar-refractivity contribution in [2.75, 3.05) is 0 Å². The Bertz CT molecular complexity index is 1070. The van der Waals surface area contributed by atoms with Crippen molar-refractivity contribution < 1.29 is 0 Å². The summed E-state index contributed by atoms with van der Waals surface area (Å²) in [4.78, 5) is 23.6. The van der Waals surface area contributed by atoms with Crippen molar-refractivity contribution in [3.8, 4) is 11.4 Å². The van der Waals surface area contributed by atoms with Crippen molar-refractivity contribution in [2.24, 2.45) is 0 Å². The standard InChI is InChI=1S/C17H10ClN3O/c18-15-8-10-5-6-11(7-12(10)9-19-15)16-20-14-4-2-1-3-13(14)17(22)21-16/h1-9H,(H,20,21,22). The van der Waals surface area contributed by atoms with E-state index >= 15 is 0 Å². The maximum Gasteiger partial charge on any atom is 0.259 e. The lowest BCUT2D eigenvalue weighted by Gasteiger charge is -2.05. The van der Waals surface area contributed by atoms with Crippen molar-refractivity contribution in [3.63, 3.8) is 0 Å². The Labute approximate surface area is 130 Å². The zero-order valence-corrected chi connectivity index (χ0v) is 12.1. The number of benzene rings is 2. The van der Waals surface area contributed by atoms with E-state index in [0.29, 0.717) is 21.9 Å². The molecule has 0 spiro atoms. The number of aromatic amines is 1. The van der Waals surface area contributed by atoms with Crippen LogP contribution in [0.3, 0.4) is 0 Å². The molecule has 0 aliphatic heterocycles. The molecule has 0 saturated heterocycles. The molecule has 4 aromatic rings. The molecule has 0 radical (unpaired) electrons. The summed E-state index contributed by atoms with van der Waals surface area (Å²) in [6.45, 7) is 0. The van der Waals surface area contributed by atoms with Gasteiger partial charge in [-0.25, -0.2) is 9.97 Å². The quantitative estimate of drug-likeness (QED) is 0.544. The number of nitrogens with zero attached hydrogens (tertiary/aromatic N) is 2. The second-order valence-corrected chi connectivity index (χ2v) is 5.39. The Morgan fingerprint density at radius 3 is 2.77 bits per heavy atom. The fourth-order valence-corrected chi connectivity index (χ4v) is 2.65. The van der Waals surface area contributed by atoms with Gasteiger partial charge in [-0.2, -0.15) is 0 Å². The smallest absolute Gasteiger partial charge is 0.259 e. The number of hydrogen-bond donors (Lipinski definition) is 1. The van der Waals surface area contributed by atoms with Crippen molar-refractivity contribution in [1.29, 1.82) is 0 Å². The molecule has 5 heteroatoms. The van der Waals surface area contributed by atoms with E-state index in [1.165, 1.54) is 0 Å². The number of fused-ring (bicyclic) bond motifs is 2. The summed E-state index contributed by atoms with van der Waals surface area (Å²) < 4.78 is 0. The zero-order chi connectivity index (χ0) is 15.1. The highest BCUT2D eigenvalue weighted by Gasteiger charge is 2.06. The Kier molecular flexibility index (Phi) is 2.91. The fraction of sp³-hybridized carbons (Fsp3) is 0. The van der Waals surface area contributed by atoms with Crippen LogP contribution in [-0.2, 0) is 0 Å². The van der Waals surface area contributed by atoms with Crippen LogP contribution in [0.2, 0.25) is 5.15 Å². The molecule has 106 valence electrons. The van der Waals surface area contributed by atoms with Gasteiger partial charge in [-0.3, -0.25) is 4.79 Å². The first kappa shape index (κ1) is 13.0. The third-order valence-electron chi connectivity index (χ3n) is 3.57. The van der Waals surface area contributed by atoms with E-state index in [-0.39, 0.29) is 5.56 Å². The van der Waals surface area contributed by atoms with Crippen LogP contribution in [0.25, 0.3) is 33.1 Å². The zero-order valence-electron chi connectivity index (χ0n) is 11.4. The van der Waals surface area contributed by atoms with Gasteiger partial charge in [0.2, 0.25) is 0 Å². The average Bonchev–Trinajstić information content (AvgIpc) is 2.54. The van der Waals surface area contributed by atoms with E-state index in [1.807, 2.05) is 36.4 Å². The maximum absolute atomic E-state index is 12.2. The highest BCUT2D eigenvalue weighted by atomic mass is 35.5. The number of aromatic nitrogens is 3. The second-order valence-electron chi connectivity index (χ2n) is 5.00. The summed E-state index contributed by atoms with van der Waals surface area (Å²) in [5, 5.41) is 2.97. The molecular formula is C17H10ClN3O. The van der Waals surface area contributed by atoms with Gasteiger partial charge in [0, 0.05) is 17.1 Å². The molecule has 0 fully saturated rings. The monoisotopic (exact) mass is 307 g/mol. The minimum atomic E-state index is -0.144. The van der Waals surface area contributed by atoms with Crippen molar-refractivity contribution >= 4 is 33.3 Å². The number of H-pyrrole nitrogens is 1. The van der Waals surface area contributed by atoms with Gasteiger partial charge >= 0.3 is 0 Å². The van der Waals surface area contributed by atoms with E-state index in [9.17, 15) is 4.79 Å². The summed E-state index contributed by atoms with van der Waals surface area (Å²) in [6.07, 6.45) is 1.71. The molecule has 0 bridgehead atoms. The van der Waals surface area contributed by atoms with Crippen molar-refractivity contribution in [1.82, 2.24) is 15.0 Å². The third-order valence-corrected chi connectivity index (χ3v) is 3.78. The summed E-state index contributed by atoms with van der Waals surface area (Å²) in [5.41, 5.74) is 1.37. The van der Waals surface area contributed by atoms with Crippen LogP contribution in [0.15, 0.2) is 59.5 Å². The van der Waals surface area contributed by atoms with Gasteiger partial charge in [-0.1, -0.05) is 35.9 Å². The molecule has 2 heterocycles. The van der Waals surface area contributed by atoms with Crippen LogP contribution in [0.1, 0.15) is 0 Å². The number of halogens is 1. The Morgan fingerprint density at radius 2 is 1.86 bits per heavy atom. The fourth-order valence-electron chi connectivity index (χ4n) is 2.49. The van der Waals surface area contributed by atoms with Gasteiger partial charge in [0.1, 0.15) is 11.0 Å². The summed E-state index contributed by atoms with van der Waals surface area (Å²) in [7, 11) is 0. The van der Waals surface area contributed by atoms with Crippen LogP contribution < -0.4 is 5.56 Å². The number of nitrogens with one attached hydrogen (secondary N) is 1. The SMILES string of the molecule is O=c1[nH]c(-c2ccc3cc(Cl)ncc3c2)nc2ccccc12. The van der Waals surface area contributed by atoms with Crippen LogP contribution >= 0.6 is 11.6 Å². The molecule has 1 N–H and O–H groups in total. The first-order chi connectivity index (χ1) is 10.7.